The van der Waals surface area contributed by atoms with E-state index in [0.29, 0.717) is 33.4 Å². The highest BCUT2D eigenvalue weighted by atomic mass is 16.7. The van der Waals surface area contributed by atoms with Crippen molar-refractivity contribution in [2.75, 3.05) is 7.11 Å². The van der Waals surface area contributed by atoms with Gasteiger partial charge in [-0.2, -0.15) is 0 Å². The van der Waals surface area contributed by atoms with Gasteiger partial charge < -0.3 is 14.6 Å². The summed E-state index contributed by atoms with van der Waals surface area (Å²) in [6.07, 6.45) is 1.72. The molecule has 0 aliphatic carbocycles. The van der Waals surface area contributed by atoms with Crippen LogP contribution in [0, 0.1) is 0 Å². The van der Waals surface area contributed by atoms with Gasteiger partial charge in [-0.1, -0.05) is 23.9 Å². The number of hydrogen-bond acceptors (Lipinski definition) is 6. The van der Waals surface area contributed by atoms with E-state index in [-0.39, 0.29) is 0 Å². The van der Waals surface area contributed by atoms with Gasteiger partial charge in [0.1, 0.15) is 33.6 Å². The lowest BCUT2D eigenvalue weighted by atomic mass is 10.2. The van der Waals surface area contributed by atoms with E-state index in [4.69, 9.17) is 9.57 Å². The van der Waals surface area contributed by atoms with Crippen molar-refractivity contribution in [3.05, 3.63) is 47.8 Å². The fraction of sp³-hybridized carbons (Fsp3) is 0.222. The number of ether oxygens (including phenoxy) is 1. The lowest BCUT2D eigenvalue weighted by Gasteiger charge is -2.06. The van der Waals surface area contributed by atoms with Crippen molar-refractivity contribution >= 4 is 28.0 Å². The molecule has 0 radical (unpaired) electrons. The Balaban J connectivity index is 1.74. The topological polar surface area (TPSA) is 94.9 Å². The molecular weight excluding hydrogens is 334 g/mol. The second-order valence-corrected chi connectivity index (χ2v) is 5.80. The van der Waals surface area contributed by atoms with E-state index in [1.54, 1.807) is 31.4 Å². The van der Waals surface area contributed by atoms with Crippen molar-refractivity contribution < 1.29 is 14.4 Å². The first-order chi connectivity index (χ1) is 12.7. The Kier molecular flexibility index (Phi) is 4.00. The van der Waals surface area contributed by atoms with Crippen LogP contribution in [0.2, 0.25) is 0 Å². The number of methoxy groups -OCH3 is 1. The number of benzene rings is 2. The zero-order valence-electron chi connectivity index (χ0n) is 14.4. The Morgan fingerprint density at radius 2 is 2.08 bits per heavy atom. The number of aromatic nitrogens is 5. The van der Waals surface area contributed by atoms with Crippen LogP contribution in [0.25, 0.3) is 22.1 Å². The van der Waals surface area contributed by atoms with E-state index in [1.807, 2.05) is 12.1 Å². The van der Waals surface area contributed by atoms with Crippen LogP contribution in [0.5, 0.6) is 5.75 Å². The molecule has 2 aromatic carbocycles. The largest absolute Gasteiger partial charge is 0.494 e. The second kappa shape index (κ2) is 6.47. The van der Waals surface area contributed by atoms with E-state index < -0.39 is 5.97 Å². The van der Waals surface area contributed by atoms with E-state index >= 15 is 0 Å². The lowest BCUT2D eigenvalue weighted by molar-refractivity contribution is 0.0411. The average molecular weight is 351 g/mol. The number of rotatable bonds is 5. The average Bonchev–Trinajstić information content (AvgIpc) is 3.25. The maximum atomic E-state index is 12.7. The summed E-state index contributed by atoms with van der Waals surface area (Å²) < 4.78 is 5.37. The van der Waals surface area contributed by atoms with Gasteiger partial charge in [0.15, 0.2) is 0 Å². The number of aromatic amines is 1. The number of hydrogen-bond donors (Lipinski definition) is 1. The van der Waals surface area contributed by atoms with Crippen molar-refractivity contribution in [2.24, 2.45) is 0 Å². The third-order valence-electron chi connectivity index (χ3n) is 4.07. The molecule has 2 aromatic heterocycles. The minimum atomic E-state index is -0.567. The fourth-order valence-corrected chi connectivity index (χ4v) is 2.85. The van der Waals surface area contributed by atoms with Gasteiger partial charge in [-0.3, -0.25) is 0 Å². The van der Waals surface area contributed by atoms with Gasteiger partial charge in [0.2, 0.25) is 0 Å². The second-order valence-electron chi connectivity index (χ2n) is 5.80. The number of H-pyrrole nitrogens is 1. The maximum Gasteiger partial charge on any atom is 0.368 e. The first-order valence-corrected chi connectivity index (χ1v) is 8.30. The Labute approximate surface area is 148 Å². The number of carbonyl (C=O) groups excluding carboxylic acids is 1. The molecule has 26 heavy (non-hydrogen) atoms. The van der Waals surface area contributed by atoms with Crippen molar-refractivity contribution in [3.8, 4) is 5.75 Å². The standard InChI is InChI=1S/C18H17N5O3/c1-3-6-15-19-16-11(9-10-14(25-2)17(16)20-15)18(24)26-23-13-8-5-4-7-12(13)21-22-23/h4-5,7-10H,3,6H2,1-2H3,(H,19,20). The zero-order valence-corrected chi connectivity index (χ0v) is 14.4. The van der Waals surface area contributed by atoms with Crippen LogP contribution >= 0.6 is 0 Å². The highest BCUT2D eigenvalue weighted by Gasteiger charge is 2.20. The molecule has 132 valence electrons. The minimum absolute atomic E-state index is 0.332. The Morgan fingerprint density at radius 1 is 1.23 bits per heavy atom. The molecule has 0 aliphatic heterocycles. The number of para-hydroxylation sites is 1. The lowest BCUT2D eigenvalue weighted by Crippen LogP contribution is -2.21. The quantitative estimate of drug-likeness (QED) is 0.555. The van der Waals surface area contributed by atoms with Crippen LogP contribution < -0.4 is 9.57 Å². The number of nitrogens with one attached hydrogen (secondary N) is 1. The number of carbonyl (C=O) groups is 1. The molecule has 0 fully saturated rings. The van der Waals surface area contributed by atoms with Crippen LogP contribution in [-0.4, -0.2) is 38.2 Å². The predicted molar refractivity (Wildman–Crippen MR) is 95.1 cm³/mol. The predicted octanol–water partition coefficient (Wildman–Crippen LogP) is 2.54. The molecular formula is C18H17N5O3. The van der Waals surface area contributed by atoms with Gasteiger partial charge in [0.05, 0.1) is 12.7 Å². The van der Waals surface area contributed by atoms with Gasteiger partial charge in [-0.05, 0) is 35.9 Å². The summed E-state index contributed by atoms with van der Waals surface area (Å²) in [5, 5.41) is 7.86. The highest BCUT2D eigenvalue weighted by Crippen LogP contribution is 2.27. The summed E-state index contributed by atoms with van der Waals surface area (Å²) in [6, 6.07) is 10.6. The molecule has 0 atom stereocenters. The van der Waals surface area contributed by atoms with Crippen molar-refractivity contribution in [2.45, 2.75) is 19.8 Å². The Hall–Kier alpha value is -3.42. The van der Waals surface area contributed by atoms with Gasteiger partial charge >= 0.3 is 5.97 Å². The summed E-state index contributed by atoms with van der Waals surface area (Å²) in [6.45, 7) is 2.06. The van der Waals surface area contributed by atoms with Crippen LogP contribution in [0.1, 0.15) is 29.5 Å². The minimum Gasteiger partial charge on any atom is -0.494 e. The molecule has 2 heterocycles. The first-order valence-electron chi connectivity index (χ1n) is 8.30. The summed E-state index contributed by atoms with van der Waals surface area (Å²) in [5.74, 6) is 0.854. The highest BCUT2D eigenvalue weighted by molar-refractivity contribution is 6.03. The molecule has 4 aromatic rings. The summed E-state index contributed by atoms with van der Waals surface area (Å²) >= 11 is 0. The van der Waals surface area contributed by atoms with Crippen LogP contribution in [-0.2, 0) is 6.42 Å². The first kappa shape index (κ1) is 16.1. The number of fused-ring (bicyclic) bond motifs is 2. The van der Waals surface area contributed by atoms with Gasteiger partial charge in [0, 0.05) is 6.42 Å². The van der Waals surface area contributed by atoms with Crippen molar-refractivity contribution in [1.29, 1.82) is 0 Å². The molecule has 0 spiro atoms. The molecule has 0 aliphatic rings. The molecule has 0 saturated heterocycles. The summed E-state index contributed by atoms with van der Waals surface area (Å²) in [7, 11) is 1.58. The van der Waals surface area contributed by atoms with Gasteiger partial charge in [-0.15, -0.1) is 5.10 Å². The Morgan fingerprint density at radius 3 is 2.88 bits per heavy atom. The molecule has 1 N–H and O–H groups in total. The molecule has 0 saturated carbocycles. The van der Waals surface area contributed by atoms with E-state index in [9.17, 15) is 4.79 Å². The van der Waals surface area contributed by atoms with Gasteiger partial charge in [-0.25, -0.2) is 9.78 Å². The monoisotopic (exact) mass is 351 g/mol. The molecule has 8 nitrogen and oxygen atoms in total. The third kappa shape index (κ3) is 2.65. The van der Waals surface area contributed by atoms with Crippen LogP contribution in [0.15, 0.2) is 36.4 Å². The summed E-state index contributed by atoms with van der Waals surface area (Å²) in [4.78, 5) is 27.0. The SMILES string of the molecule is CCCc1nc2c(C(=O)On3nnc4ccccc43)ccc(OC)c2[nH]1. The van der Waals surface area contributed by atoms with E-state index in [1.165, 1.54) is 0 Å². The molecule has 4 rings (SSSR count). The normalized spacial score (nSPS) is 11.2. The number of imidazole rings is 1. The van der Waals surface area contributed by atoms with Crippen molar-refractivity contribution in [3.63, 3.8) is 0 Å². The number of nitrogens with zero attached hydrogens (tertiary/aromatic N) is 4. The molecule has 0 amide bonds. The van der Waals surface area contributed by atoms with Gasteiger partial charge in [0.25, 0.3) is 0 Å². The number of aryl methyl sites for hydroxylation is 1. The fourth-order valence-electron chi connectivity index (χ4n) is 2.85. The molecule has 0 bridgehead atoms. The third-order valence-corrected chi connectivity index (χ3v) is 4.07. The van der Waals surface area contributed by atoms with Crippen molar-refractivity contribution in [1.82, 2.24) is 25.1 Å². The maximum absolute atomic E-state index is 12.7. The zero-order chi connectivity index (χ0) is 18.1. The van der Waals surface area contributed by atoms with E-state index in [0.717, 1.165) is 23.5 Å². The molecule has 0 unspecified atom stereocenters. The summed E-state index contributed by atoms with van der Waals surface area (Å²) in [5.41, 5.74) is 2.78. The van der Waals surface area contributed by atoms with Crippen LogP contribution in [0.4, 0.5) is 0 Å². The van der Waals surface area contributed by atoms with Crippen LogP contribution in [0.3, 0.4) is 0 Å². The molecule has 8 heteroatoms. The van der Waals surface area contributed by atoms with E-state index in [2.05, 4.69) is 27.2 Å². The Bertz CT molecular complexity index is 1100. The smallest absolute Gasteiger partial charge is 0.368 e.